The van der Waals surface area contributed by atoms with Crippen LogP contribution in [-0.4, -0.2) is 35.2 Å². The van der Waals surface area contributed by atoms with Gasteiger partial charge in [-0.3, -0.25) is 4.79 Å². The maximum Gasteiger partial charge on any atom is 0.274 e. The van der Waals surface area contributed by atoms with Crippen molar-refractivity contribution in [1.29, 1.82) is 5.26 Å². The SMILES string of the molecule is Cc1ccc(-c2cccc(C(=O)Nc3ccc(N4CCC(O)CC4)c(C#N)c3)n2)cc1. The fourth-order valence-corrected chi connectivity index (χ4v) is 3.73. The summed E-state index contributed by atoms with van der Waals surface area (Å²) in [7, 11) is 0. The van der Waals surface area contributed by atoms with E-state index in [-0.39, 0.29) is 12.0 Å². The number of nitriles is 1. The van der Waals surface area contributed by atoms with Gasteiger partial charge < -0.3 is 15.3 Å². The summed E-state index contributed by atoms with van der Waals surface area (Å²) >= 11 is 0. The molecule has 31 heavy (non-hydrogen) atoms. The quantitative estimate of drug-likeness (QED) is 0.672. The minimum Gasteiger partial charge on any atom is -0.393 e. The Morgan fingerprint density at radius 3 is 2.58 bits per heavy atom. The number of pyridine rings is 1. The second-order valence-corrected chi connectivity index (χ2v) is 7.79. The standard InChI is InChI=1S/C25H24N4O2/c1-17-5-7-18(8-6-17)22-3-2-4-23(28-22)25(31)27-20-9-10-24(19(15-20)16-26)29-13-11-21(30)12-14-29/h2-10,15,21,30H,11-14H2,1H3,(H,27,31). The summed E-state index contributed by atoms with van der Waals surface area (Å²) in [5, 5.41) is 22.2. The molecule has 1 saturated heterocycles. The predicted molar refractivity (Wildman–Crippen MR) is 121 cm³/mol. The average Bonchev–Trinajstić information content (AvgIpc) is 2.80. The van der Waals surface area contributed by atoms with Crippen LogP contribution in [0.25, 0.3) is 11.3 Å². The summed E-state index contributed by atoms with van der Waals surface area (Å²) in [4.78, 5) is 19.4. The second-order valence-electron chi connectivity index (χ2n) is 7.79. The Bertz CT molecular complexity index is 1130. The van der Waals surface area contributed by atoms with Gasteiger partial charge in [0, 0.05) is 24.3 Å². The molecule has 6 heteroatoms. The number of hydrogen-bond acceptors (Lipinski definition) is 5. The molecule has 1 aliphatic rings. The maximum atomic E-state index is 12.8. The van der Waals surface area contributed by atoms with Gasteiger partial charge in [-0.15, -0.1) is 0 Å². The zero-order valence-corrected chi connectivity index (χ0v) is 17.4. The fourth-order valence-electron chi connectivity index (χ4n) is 3.73. The van der Waals surface area contributed by atoms with Crippen LogP contribution in [0, 0.1) is 18.3 Å². The number of hydrogen-bond donors (Lipinski definition) is 2. The van der Waals surface area contributed by atoms with E-state index in [0.29, 0.717) is 42.9 Å². The largest absolute Gasteiger partial charge is 0.393 e. The van der Waals surface area contributed by atoms with Crippen molar-refractivity contribution in [2.45, 2.75) is 25.9 Å². The zero-order valence-electron chi connectivity index (χ0n) is 17.4. The molecule has 0 bridgehead atoms. The second kappa shape index (κ2) is 8.99. The first-order valence-corrected chi connectivity index (χ1v) is 10.4. The van der Waals surface area contributed by atoms with Crippen molar-refractivity contribution in [1.82, 2.24) is 4.98 Å². The third-order valence-electron chi connectivity index (χ3n) is 5.51. The van der Waals surface area contributed by atoms with Crippen molar-refractivity contribution >= 4 is 17.3 Å². The van der Waals surface area contributed by atoms with Crippen LogP contribution in [0.15, 0.2) is 60.7 Å². The molecule has 1 aliphatic heterocycles. The van der Waals surface area contributed by atoms with Crippen molar-refractivity contribution in [2.24, 2.45) is 0 Å². The van der Waals surface area contributed by atoms with Crippen LogP contribution in [-0.2, 0) is 0 Å². The number of carbonyl (C=O) groups excluding carboxylic acids is 1. The molecular weight excluding hydrogens is 388 g/mol. The van der Waals surface area contributed by atoms with Gasteiger partial charge in [-0.2, -0.15) is 5.26 Å². The number of carbonyl (C=O) groups is 1. The zero-order chi connectivity index (χ0) is 21.8. The summed E-state index contributed by atoms with van der Waals surface area (Å²) in [5.41, 5.74) is 5.02. The van der Waals surface area contributed by atoms with E-state index in [2.05, 4.69) is 21.3 Å². The summed E-state index contributed by atoms with van der Waals surface area (Å²) in [6, 6.07) is 20.9. The molecule has 6 nitrogen and oxygen atoms in total. The molecule has 4 rings (SSSR count). The summed E-state index contributed by atoms with van der Waals surface area (Å²) < 4.78 is 0. The monoisotopic (exact) mass is 412 g/mol. The van der Waals surface area contributed by atoms with Gasteiger partial charge in [0.25, 0.3) is 5.91 Å². The number of aromatic nitrogens is 1. The highest BCUT2D eigenvalue weighted by Crippen LogP contribution is 2.27. The van der Waals surface area contributed by atoms with E-state index in [0.717, 1.165) is 22.5 Å². The first-order chi connectivity index (χ1) is 15.0. The summed E-state index contributed by atoms with van der Waals surface area (Å²) in [5.74, 6) is -0.327. The smallest absolute Gasteiger partial charge is 0.274 e. The van der Waals surface area contributed by atoms with Crippen LogP contribution >= 0.6 is 0 Å². The Morgan fingerprint density at radius 1 is 1.13 bits per heavy atom. The lowest BCUT2D eigenvalue weighted by Crippen LogP contribution is -2.36. The molecule has 2 N–H and O–H groups in total. The molecule has 0 saturated carbocycles. The molecule has 0 aliphatic carbocycles. The number of aliphatic hydroxyl groups excluding tert-OH is 1. The van der Waals surface area contributed by atoms with E-state index in [1.165, 1.54) is 0 Å². The fraction of sp³-hybridized carbons (Fsp3) is 0.240. The number of piperidine rings is 1. The number of benzene rings is 2. The van der Waals surface area contributed by atoms with Crippen LogP contribution in [0.1, 0.15) is 34.5 Å². The van der Waals surface area contributed by atoms with Gasteiger partial charge in [-0.05, 0) is 50.1 Å². The van der Waals surface area contributed by atoms with E-state index in [1.807, 2.05) is 49.4 Å². The Morgan fingerprint density at radius 2 is 1.87 bits per heavy atom. The Labute approximate surface area is 181 Å². The van der Waals surface area contributed by atoms with Gasteiger partial charge in [0.05, 0.1) is 23.0 Å². The molecule has 1 amide bonds. The maximum absolute atomic E-state index is 12.8. The van der Waals surface area contributed by atoms with Crippen molar-refractivity contribution in [3.05, 3.63) is 77.5 Å². The number of nitrogens with zero attached hydrogens (tertiary/aromatic N) is 3. The predicted octanol–water partition coefficient (Wildman–Crippen LogP) is 4.14. The van der Waals surface area contributed by atoms with E-state index >= 15 is 0 Å². The van der Waals surface area contributed by atoms with E-state index < -0.39 is 0 Å². The third-order valence-corrected chi connectivity index (χ3v) is 5.51. The van der Waals surface area contributed by atoms with Crippen molar-refractivity contribution < 1.29 is 9.90 Å². The highest BCUT2D eigenvalue weighted by atomic mass is 16.3. The van der Waals surface area contributed by atoms with Crippen LogP contribution < -0.4 is 10.2 Å². The van der Waals surface area contributed by atoms with Gasteiger partial charge in [0.1, 0.15) is 11.8 Å². The first kappa shape index (κ1) is 20.6. The lowest BCUT2D eigenvalue weighted by Gasteiger charge is -2.32. The highest BCUT2D eigenvalue weighted by Gasteiger charge is 2.20. The molecule has 0 radical (unpaired) electrons. The van der Waals surface area contributed by atoms with Gasteiger partial charge in [-0.25, -0.2) is 4.98 Å². The molecule has 2 heterocycles. The summed E-state index contributed by atoms with van der Waals surface area (Å²) in [6.45, 7) is 3.44. The van der Waals surface area contributed by atoms with Crippen molar-refractivity contribution in [3.8, 4) is 17.3 Å². The van der Waals surface area contributed by atoms with Crippen molar-refractivity contribution in [3.63, 3.8) is 0 Å². The summed E-state index contributed by atoms with van der Waals surface area (Å²) in [6.07, 6.45) is 1.10. The van der Waals surface area contributed by atoms with Crippen molar-refractivity contribution in [2.75, 3.05) is 23.3 Å². The molecular formula is C25H24N4O2. The van der Waals surface area contributed by atoms with Crippen LogP contribution in [0.2, 0.25) is 0 Å². The molecule has 1 aromatic heterocycles. The molecule has 1 fully saturated rings. The first-order valence-electron chi connectivity index (χ1n) is 10.4. The number of nitrogens with one attached hydrogen (secondary N) is 1. The van der Waals surface area contributed by atoms with Crippen LogP contribution in [0.5, 0.6) is 0 Å². The molecule has 156 valence electrons. The van der Waals surface area contributed by atoms with E-state index in [9.17, 15) is 15.2 Å². The lowest BCUT2D eigenvalue weighted by atomic mass is 10.0. The molecule has 0 atom stereocenters. The normalized spacial score (nSPS) is 14.2. The average molecular weight is 412 g/mol. The van der Waals surface area contributed by atoms with Crippen LogP contribution in [0.4, 0.5) is 11.4 Å². The molecule has 0 spiro atoms. The Balaban J connectivity index is 1.51. The van der Waals surface area contributed by atoms with Gasteiger partial charge in [0.2, 0.25) is 0 Å². The van der Waals surface area contributed by atoms with Gasteiger partial charge in [0.15, 0.2) is 0 Å². The number of rotatable bonds is 4. The number of anilines is 2. The highest BCUT2D eigenvalue weighted by molar-refractivity contribution is 6.03. The number of aryl methyl sites for hydroxylation is 1. The van der Waals surface area contributed by atoms with Gasteiger partial charge in [-0.1, -0.05) is 35.9 Å². The third kappa shape index (κ3) is 4.73. The molecule has 0 unspecified atom stereocenters. The number of amides is 1. The molecule has 3 aromatic rings. The molecule has 2 aromatic carbocycles. The van der Waals surface area contributed by atoms with E-state index in [4.69, 9.17) is 0 Å². The van der Waals surface area contributed by atoms with Crippen LogP contribution in [0.3, 0.4) is 0 Å². The van der Waals surface area contributed by atoms with Gasteiger partial charge >= 0.3 is 0 Å². The van der Waals surface area contributed by atoms with E-state index in [1.54, 1.807) is 18.2 Å². The lowest BCUT2D eigenvalue weighted by molar-refractivity contribution is 0.102. The topological polar surface area (TPSA) is 89.3 Å². The Kier molecular flexibility index (Phi) is 5.96. The minimum atomic E-state index is -0.327. The minimum absolute atomic E-state index is 0.275. The Hall–Kier alpha value is -3.69. The number of aliphatic hydroxyl groups is 1.